The molecule has 2 N–H and O–H groups in total. The first-order chi connectivity index (χ1) is 13.9. The number of carbonyl (C=O) groups excluding carboxylic acids is 1. The third kappa shape index (κ3) is 5.01. The highest BCUT2D eigenvalue weighted by molar-refractivity contribution is 6.03. The molecule has 0 spiro atoms. The third-order valence-electron chi connectivity index (χ3n) is 4.21. The minimum Gasteiger partial charge on any atom is -0.493 e. The summed E-state index contributed by atoms with van der Waals surface area (Å²) in [4.78, 5) is 21.5. The SMILES string of the molecule is COc1ccc(NC(=O)c2cc(C)nc(Nc3cc(C)cc(C)c3)n2)cc1OC. The summed E-state index contributed by atoms with van der Waals surface area (Å²) in [5.74, 6) is 1.14. The van der Waals surface area contributed by atoms with Gasteiger partial charge < -0.3 is 20.1 Å². The van der Waals surface area contributed by atoms with Gasteiger partial charge in [0.05, 0.1) is 14.2 Å². The van der Waals surface area contributed by atoms with Crippen molar-refractivity contribution in [3.8, 4) is 11.5 Å². The van der Waals surface area contributed by atoms with E-state index in [0.717, 1.165) is 16.8 Å². The van der Waals surface area contributed by atoms with E-state index in [1.54, 1.807) is 38.5 Å². The zero-order valence-corrected chi connectivity index (χ0v) is 17.2. The monoisotopic (exact) mass is 392 g/mol. The van der Waals surface area contributed by atoms with Crippen LogP contribution in [0.4, 0.5) is 17.3 Å². The van der Waals surface area contributed by atoms with Gasteiger partial charge in [0, 0.05) is 23.1 Å². The van der Waals surface area contributed by atoms with E-state index in [2.05, 4.69) is 26.7 Å². The molecular formula is C22H24N4O3. The lowest BCUT2D eigenvalue weighted by Gasteiger charge is -2.12. The molecule has 2 aromatic carbocycles. The van der Waals surface area contributed by atoms with Gasteiger partial charge in [0.15, 0.2) is 11.5 Å². The van der Waals surface area contributed by atoms with Gasteiger partial charge in [-0.3, -0.25) is 4.79 Å². The molecule has 1 heterocycles. The maximum atomic E-state index is 12.7. The Hall–Kier alpha value is -3.61. The molecule has 1 aromatic heterocycles. The van der Waals surface area contributed by atoms with Gasteiger partial charge in [0.2, 0.25) is 5.95 Å². The molecule has 3 rings (SSSR count). The predicted molar refractivity (Wildman–Crippen MR) is 113 cm³/mol. The first-order valence-electron chi connectivity index (χ1n) is 9.12. The standard InChI is InChI=1S/C22H24N4O3/c1-13-8-14(2)10-17(9-13)25-22-23-15(3)11-18(26-22)21(27)24-16-6-7-19(28-4)20(12-16)29-5/h6-12H,1-5H3,(H,24,27)(H,23,25,26). The predicted octanol–water partition coefficient (Wildman–Crippen LogP) is 4.41. The first kappa shape index (κ1) is 20.1. The largest absolute Gasteiger partial charge is 0.493 e. The smallest absolute Gasteiger partial charge is 0.274 e. The Morgan fingerprint density at radius 3 is 2.17 bits per heavy atom. The van der Waals surface area contributed by atoms with E-state index in [4.69, 9.17) is 9.47 Å². The Morgan fingerprint density at radius 1 is 0.828 bits per heavy atom. The number of aryl methyl sites for hydroxylation is 3. The average Bonchev–Trinajstić information content (AvgIpc) is 2.66. The number of ether oxygens (including phenoxy) is 2. The molecule has 0 aliphatic heterocycles. The fourth-order valence-corrected chi connectivity index (χ4v) is 3.03. The third-order valence-corrected chi connectivity index (χ3v) is 4.21. The molecule has 0 radical (unpaired) electrons. The van der Waals surface area contributed by atoms with Crippen LogP contribution < -0.4 is 20.1 Å². The Labute approximate surface area is 170 Å². The summed E-state index contributed by atoms with van der Waals surface area (Å²) in [7, 11) is 3.10. The van der Waals surface area contributed by atoms with Crippen LogP contribution in [-0.2, 0) is 0 Å². The summed E-state index contributed by atoms with van der Waals surface area (Å²) in [5, 5.41) is 6.01. The van der Waals surface area contributed by atoms with Gasteiger partial charge in [-0.15, -0.1) is 0 Å². The Bertz CT molecular complexity index is 1030. The van der Waals surface area contributed by atoms with E-state index in [9.17, 15) is 4.79 Å². The van der Waals surface area contributed by atoms with Crippen LogP contribution in [0.2, 0.25) is 0 Å². The van der Waals surface area contributed by atoms with Gasteiger partial charge in [-0.1, -0.05) is 6.07 Å². The summed E-state index contributed by atoms with van der Waals surface area (Å²) in [6.45, 7) is 5.87. The molecule has 0 atom stereocenters. The minimum atomic E-state index is -0.341. The first-order valence-corrected chi connectivity index (χ1v) is 9.12. The number of amides is 1. The topological polar surface area (TPSA) is 85.4 Å². The van der Waals surface area contributed by atoms with Crippen molar-refractivity contribution >= 4 is 23.2 Å². The Balaban J connectivity index is 1.82. The lowest BCUT2D eigenvalue weighted by atomic mass is 10.1. The zero-order chi connectivity index (χ0) is 21.0. The highest BCUT2D eigenvalue weighted by atomic mass is 16.5. The summed E-state index contributed by atoms with van der Waals surface area (Å²) in [6.07, 6.45) is 0. The number of aromatic nitrogens is 2. The highest BCUT2D eigenvalue weighted by Gasteiger charge is 2.13. The summed E-state index contributed by atoms with van der Waals surface area (Å²) in [6, 6.07) is 12.9. The van der Waals surface area contributed by atoms with Gasteiger partial charge in [-0.2, -0.15) is 0 Å². The summed E-state index contributed by atoms with van der Waals surface area (Å²) in [5.41, 5.74) is 4.66. The summed E-state index contributed by atoms with van der Waals surface area (Å²) >= 11 is 0. The van der Waals surface area contributed by atoms with Crippen molar-refractivity contribution in [3.05, 3.63) is 65.0 Å². The molecular weight excluding hydrogens is 368 g/mol. The number of rotatable bonds is 6. The van der Waals surface area contributed by atoms with Crippen molar-refractivity contribution in [2.45, 2.75) is 20.8 Å². The number of nitrogens with one attached hydrogen (secondary N) is 2. The van der Waals surface area contributed by atoms with E-state index in [1.807, 2.05) is 32.9 Å². The highest BCUT2D eigenvalue weighted by Crippen LogP contribution is 2.30. The van der Waals surface area contributed by atoms with E-state index >= 15 is 0 Å². The zero-order valence-electron chi connectivity index (χ0n) is 17.2. The average molecular weight is 392 g/mol. The molecule has 0 aliphatic carbocycles. The van der Waals surface area contributed by atoms with E-state index in [0.29, 0.717) is 28.8 Å². The van der Waals surface area contributed by atoms with Crippen LogP contribution in [0.15, 0.2) is 42.5 Å². The van der Waals surface area contributed by atoms with Crippen LogP contribution >= 0.6 is 0 Å². The molecule has 0 saturated carbocycles. The Morgan fingerprint density at radius 2 is 1.52 bits per heavy atom. The molecule has 0 fully saturated rings. The molecule has 7 nitrogen and oxygen atoms in total. The molecule has 1 amide bonds. The van der Waals surface area contributed by atoms with Crippen LogP contribution in [0, 0.1) is 20.8 Å². The second kappa shape index (κ2) is 8.60. The van der Waals surface area contributed by atoms with Gasteiger partial charge in [0.25, 0.3) is 5.91 Å². The normalized spacial score (nSPS) is 10.4. The van der Waals surface area contributed by atoms with Crippen LogP contribution in [0.1, 0.15) is 27.3 Å². The maximum Gasteiger partial charge on any atom is 0.274 e. The number of hydrogen-bond acceptors (Lipinski definition) is 6. The van der Waals surface area contributed by atoms with E-state index in [1.165, 1.54) is 0 Å². The molecule has 7 heteroatoms. The lowest BCUT2D eigenvalue weighted by Crippen LogP contribution is -2.15. The molecule has 0 bridgehead atoms. The molecule has 29 heavy (non-hydrogen) atoms. The van der Waals surface area contributed by atoms with E-state index in [-0.39, 0.29) is 11.6 Å². The van der Waals surface area contributed by atoms with Gasteiger partial charge in [-0.25, -0.2) is 9.97 Å². The summed E-state index contributed by atoms with van der Waals surface area (Å²) < 4.78 is 10.5. The fourth-order valence-electron chi connectivity index (χ4n) is 3.03. The van der Waals surface area contributed by atoms with Crippen molar-refractivity contribution in [1.82, 2.24) is 9.97 Å². The number of hydrogen-bond donors (Lipinski definition) is 2. The molecule has 0 unspecified atom stereocenters. The quantitative estimate of drug-likeness (QED) is 0.646. The molecule has 0 saturated heterocycles. The lowest BCUT2D eigenvalue weighted by molar-refractivity contribution is 0.102. The van der Waals surface area contributed by atoms with Crippen molar-refractivity contribution in [2.75, 3.05) is 24.9 Å². The van der Waals surface area contributed by atoms with Crippen molar-refractivity contribution < 1.29 is 14.3 Å². The fraction of sp³-hybridized carbons (Fsp3) is 0.227. The van der Waals surface area contributed by atoms with Crippen molar-refractivity contribution in [2.24, 2.45) is 0 Å². The molecule has 0 aliphatic rings. The number of carbonyl (C=O) groups is 1. The maximum absolute atomic E-state index is 12.7. The van der Waals surface area contributed by atoms with E-state index < -0.39 is 0 Å². The number of methoxy groups -OCH3 is 2. The molecule has 3 aromatic rings. The van der Waals surface area contributed by atoms with Crippen LogP contribution in [0.25, 0.3) is 0 Å². The second-order valence-electron chi connectivity index (χ2n) is 6.74. The van der Waals surface area contributed by atoms with Gasteiger partial charge >= 0.3 is 0 Å². The minimum absolute atomic E-state index is 0.263. The number of nitrogens with zero attached hydrogens (tertiary/aromatic N) is 2. The van der Waals surface area contributed by atoms with Crippen molar-refractivity contribution in [1.29, 1.82) is 0 Å². The van der Waals surface area contributed by atoms with Gasteiger partial charge in [-0.05, 0) is 62.2 Å². The van der Waals surface area contributed by atoms with Crippen LogP contribution in [0.5, 0.6) is 11.5 Å². The van der Waals surface area contributed by atoms with Crippen molar-refractivity contribution in [3.63, 3.8) is 0 Å². The number of benzene rings is 2. The second-order valence-corrected chi connectivity index (χ2v) is 6.74. The van der Waals surface area contributed by atoms with Crippen LogP contribution in [0.3, 0.4) is 0 Å². The van der Waals surface area contributed by atoms with Gasteiger partial charge in [0.1, 0.15) is 5.69 Å². The number of anilines is 3. The van der Waals surface area contributed by atoms with Crippen LogP contribution in [-0.4, -0.2) is 30.1 Å². The molecule has 150 valence electrons. The Kier molecular flexibility index (Phi) is 5.97.